The first-order valence-electron chi connectivity index (χ1n) is 3.85. The number of carbonyl (C=O) groups is 1. The Morgan fingerprint density at radius 2 is 2.08 bits per heavy atom. The Morgan fingerprint density at radius 3 is 2.62 bits per heavy atom. The molecule has 0 unspecified atom stereocenters. The predicted molar refractivity (Wildman–Crippen MR) is 39.5 cm³/mol. The van der Waals surface area contributed by atoms with Gasteiger partial charge in [-0.1, -0.05) is 0 Å². The molecule has 0 aromatic heterocycles. The average molecular weight is 192 g/mol. The average Bonchev–Trinajstić information content (AvgIpc) is 2.05. The van der Waals surface area contributed by atoms with Crippen molar-refractivity contribution in [2.24, 2.45) is 0 Å². The number of aliphatic hydroxyl groups excluding tert-OH is 3. The van der Waals surface area contributed by atoms with Gasteiger partial charge in [-0.2, -0.15) is 0 Å². The number of esters is 1. The summed E-state index contributed by atoms with van der Waals surface area (Å²) in [5.74, 6) is -0.628. The molecule has 1 aliphatic heterocycles. The Balaban J connectivity index is 2.60. The molecule has 0 aromatic carbocycles. The fourth-order valence-corrected chi connectivity index (χ4v) is 1.12. The van der Waals surface area contributed by atoms with Gasteiger partial charge in [0.05, 0.1) is 6.61 Å². The molecule has 0 radical (unpaired) electrons. The van der Waals surface area contributed by atoms with Gasteiger partial charge in [-0.15, -0.1) is 0 Å². The molecular formula is C7H12O6. The highest BCUT2D eigenvalue weighted by atomic mass is 16.6. The van der Waals surface area contributed by atoms with Crippen LogP contribution in [0.1, 0.15) is 6.92 Å². The Bertz CT molecular complexity index is 193. The van der Waals surface area contributed by atoms with E-state index < -0.39 is 30.6 Å². The number of hydrogen-bond donors (Lipinski definition) is 3. The van der Waals surface area contributed by atoms with E-state index >= 15 is 0 Å². The van der Waals surface area contributed by atoms with E-state index in [0.717, 1.165) is 6.92 Å². The van der Waals surface area contributed by atoms with E-state index in [1.807, 2.05) is 0 Å². The lowest BCUT2D eigenvalue weighted by molar-refractivity contribution is -0.257. The zero-order valence-corrected chi connectivity index (χ0v) is 7.08. The molecule has 1 saturated heterocycles. The molecule has 1 heterocycles. The van der Waals surface area contributed by atoms with Crippen molar-refractivity contribution in [2.45, 2.75) is 31.5 Å². The van der Waals surface area contributed by atoms with Gasteiger partial charge in [0.1, 0.15) is 12.2 Å². The first kappa shape index (κ1) is 10.4. The van der Waals surface area contributed by atoms with Crippen molar-refractivity contribution in [1.82, 2.24) is 0 Å². The summed E-state index contributed by atoms with van der Waals surface area (Å²) in [6, 6.07) is 0. The SMILES string of the molecule is CC(=O)O[C@@H]1[C@@H](O)[C@@H](O)OC[C@@H]1O. The number of ether oxygens (including phenoxy) is 2. The van der Waals surface area contributed by atoms with E-state index in [4.69, 9.17) is 5.11 Å². The maximum Gasteiger partial charge on any atom is 0.303 e. The fraction of sp³-hybridized carbons (Fsp3) is 0.857. The van der Waals surface area contributed by atoms with Crippen molar-refractivity contribution >= 4 is 5.97 Å². The van der Waals surface area contributed by atoms with Gasteiger partial charge in [0.15, 0.2) is 12.4 Å². The van der Waals surface area contributed by atoms with Gasteiger partial charge >= 0.3 is 5.97 Å². The van der Waals surface area contributed by atoms with E-state index in [-0.39, 0.29) is 6.61 Å². The number of aliphatic hydroxyl groups is 3. The van der Waals surface area contributed by atoms with Gasteiger partial charge in [0.2, 0.25) is 0 Å². The van der Waals surface area contributed by atoms with Gasteiger partial charge in [0, 0.05) is 6.92 Å². The molecule has 1 rings (SSSR count). The molecule has 0 aromatic rings. The molecule has 13 heavy (non-hydrogen) atoms. The van der Waals surface area contributed by atoms with Crippen molar-refractivity contribution < 1.29 is 29.6 Å². The van der Waals surface area contributed by atoms with E-state index in [2.05, 4.69) is 9.47 Å². The monoisotopic (exact) mass is 192 g/mol. The molecular weight excluding hydrogens is 180 g/mol. The van der Waals surface area contributed by atoms with E-state index in [1.54, 1.807) is 0 Å². The quantitative estimate of drug-likeness (QED) is 0.415. The third-order valence-corrected chi connectivity index (χ3v) is 1.75. The van der Waals surface area contributed by atoms with E-state index in [9.17, 15) is 15.0 Å². The molecule has 76 valence electrons. The third-order valence-electron chi connectivity index (χ3n) is 1.75. The van der Waals surface area contributed by atoms with Crippen molar-refractivity contribution in [1.29, 1.82) is 0 Å². The maximum absolute atomic E-state index is 10.5. The highest BCUT2D eigenvalue weighted by molar-refractivity contribution is 5.66. The molecule has 1 aliphatic rings. The highest BCUT2D eigenvalue weighted by Gasteiger charge is 2.40. The van der Waals surface area contributed by atoms with Crippen LogP contribution in [-0.2, 0) is 14.3 Å². The van der Waals surface area contributed by atoms with Crippen LogP contribution in [0.2, 0.25) is 0 Å². The van der Waals surface area contributed by atoms with Crippen LogP contribution < -0.4 is 0 Å². The second-order valence-electron chi connectivity index (χ2n) is 2.86. The molecule has 4 atom stereocenters. The molecule has 0 bridgehead atoms. The summed E-state index contributed by atoms with van der Waals surface area (Å²) in [5, 5.41) is 27.5. The minimum atomic E-state index is -1.42. The Hall–Kier alpha value is -0.690. The van der Waals surface area contributed by atoms with Crippen LogP contribution in [0.5, 0.6) is 0 Å². The predicted octanol–water partition coefficient (Wildman–Crippen LogP) is -2.01. The second kappa shape index (κ2) is 4.01. The maximum atomic E-state index is 10.5. The van der Waals surface area contributed by atoms with Gasteiger partial charge in [-0.25, -0.2) is 0 Å². The fourth-order valence-electron chi connectivity index (χ4n) is 1.12. The highest BCUT2D eigenvalue weighted by Crippen LogP contribution is 2.16. The zero-order chi connectivity index (χ0) is 10.0. The van der Waals surface area contributed by atoms with Crippen LogP contribution >= 0.6 is 0 Å². The summed E-state index contributed by atoms with van der Waals surface area (Å²) in [4.78, 5) is 10.5. The third kappa shape index (κ3) is 2.38. The van der Waals surface area contributed by atoms with E-state index in [1.165, 1.54) is 0 Å². The lowest BCUT2D eigenvalue weighted by atomic mass is 10.1. The summed E-state index contributed by atoms with van der Waals surface area (Å²) in [7, 11) is 0. The van der Waals surface area contributed by atoms with Crippen LogP contribution in [0.3, 0.4) is 0 Å². The van der Waals surface area contributed by atoms with Gasteiger partial charge in [0.25, 0.3) is 0 Å². The summed E-state index contributed by atoms with van der Waals surface area (Å²) in [6.45, 7) is 0.984. The summed E-state index contributed by atoms with van der Waals surface area (Å²) < 4.78 is 9.19. The molecule has 6 heteroatoms. The largest absolute Gasteiger partial charge is 0.457 e. The minimum absolute atomic E-state index is 0.170. The first-order valence-corrected chi connectivity index (χ1v) is 3.85. The zero-order valence-electron chi connectivity index (χ0n) is 7.08. The van der Waals surface area contributed by atoms with Gasteiger partial charge in [-0.05, 0) is 0 Å². The van der Waals surface area contributed by atoms with Crippen molar-refractivity contribution in [2.75, 3.05) is 6.61 Å². The van der Waals surface area contributed by atoms with Crippen LogP contribution in [0, 0.1) is 0 Å². The van der Waals surface area contributed by atoms with Gasteiger partial charge in [-0.3, -0.25) is 4.79 Å². The molecule has 0 aliphatic carbocycles. The smallest absolute Gasteiger partial charge is 0.303 e. The lowest BCUT2D eigenvalue weighted by Gasteiger charge is -2.34. The Kier molecular flexibility index (Phi) is 3.21. The molecule has 6 nitrogen and oxygen atoms in total. The minimum Gasteiger partial charge on any atom is -0.457 e. The normalized spacial score (nSPS) is 40.0. The van der Waals surface area contributed by atoms with E-state index in [0.29, 0.717) is 0 Å². The van der Waals surface area contributed by atoms with Gasteiger partial charge < -0.3 is 24.8 Å². The topological polar surface area (TPSA) is 96.2 Å². The van der Waals surface area contributed by atoms with Crippen molar-refractivity contribution in [3.05, 3.63) is 0 Å². The Morgan fingerprint density at radius 1 is 1.46 bits per heavy atom. The second-order valence-corrected chi connectivity index (χ2v) is 2.86. The lowest BCUT2D eigenvalue weighted by Crippen LogP contribution is -2.54. The number of rotatable bonds is 1. The first-order chi connectivity index (χ1) is 6.02. The standard InChI is InChI=1S/C7H12O6/c1-3(8)13-6-4(9)2-12-7(11)5(6)10/h4-7,9-11H,2H2,1H3/t4-,5+,6-,7-/m0/s1. The van der Waals surface area contributed by atoms with Crippen LogP contribution in [-0.4, -0.2) is 52.5 Å². The summed E-state index contributed by atoms with van der Waals surface area (Å²) >= 11 is 0. The number of hydrogen-bond acceptors (Lipinski definition) is 6. The molecule has 0 spiro atoms. The molecule has 1 fully saturated rings. The molecule has 0 amide bonds. The van der Waals surface area contributed by atoms with Crippen LogP contribution in [0.4, 0.5) is 0 Å². The van der Waals surface area contributed by atoms with Crippen molar-refractivity contribution in [3.8, 4) is 0 Å². The Labute approximate surface area is 74.7 Å². The molecule has 0 saturated carbocycles. The van der Waals surface area contributed by atoms with Crippen molar-refractivity contribution in [3.63, 3.8) is 0 Å². The summed E-state index contributed by atoms with van der Waals surface area (Å²) in [5.41, 5.74) is 0. The number of carbonyl (C=O) groups excluding carboxylic acids is 1. The van der Waals surface area contributed by atoms with Crippen LogP contribution in [0.25, 0.3) is 0 Å². The van der Waals surface area contributed by atoms with Crippen LogP contribution in [0.15, 0.2) is 0 Å². The molecule has 3 N–H and O–H groups in total. The summed E-state index contributed by atoms with van der Waals surface area (Å²) in [6.07, 6.45) is -5.07.